The first kappa shape index (κ1) is 18.2. The van der Waals surface area contributed by atoms with E-state index in [1.807, 2.05) is 6.92 Å². The first-order valence-electron chi connectivity index (χ1n) is 6.83. The molecule has 2 N–H and O–H groups in total. The van der Waals surface area contributed by atoms with E-state index >= 15 is 0 Å². The van der Waals surface area contributed by atoms with Crippen LogP contribution in [0.2, 0.25) is 0 Å². The summed E-state index contributed by atoms with van der Waals surface area (Å²) in [7, 11) is -3.72. The van der Waals surface area contributed by atoms with Crippen LogP contribution in [-0.4, -0.2) is 35.7 Å². The molecular weight excluding hydrogens is 308 g/mol. The van der Waals surface area contributed by atoms with Crippen LogP contribution < -0.4 is 5.48 Å². The number of rotatable bonds is 6. The molecule has 8 heteroatoms. The third-order valence-corrected chi connectivity index (χ3v) is 5.43. The van der Waals surface area contributed by atoms with Gasteiger partial charge in [-0.15, -0.1) is 0 Å². The number of amides is 1. The molecular formula is C14H20N2O5S. The van der Waals surface area contributed by atoms with Gasteiger partial charge in [0.15, 0.2) is 9.84 Å². The summed E-state index contributed by atoms with van der Waals surface area (Å²) in [5.41, 5.74) is 1.90. The van der Waals surface area contributed by atoms with Gasteiger partial charge in [0.05, 0.1) is 5.69 Å². The van der Waals surface area contributed by atoms with Gasteiger partial charge in [0, 0.05) is 18.7 Å². The summed E-state index contributed by atoms with van der Waals surface area (Å²) < 4.78 is 26.9. The zero-order valence-electron chi connectivity index (χ0n) is 12.8. The second kappa shape index (κ2) is 7.42. The van der Waals surface area contributed by atoms with Crippen LogP contribution in [0.3, 0.4) is 0 Å². The van der Waals surface area contributed by atoms with E-state index in [-0.39, 0.29) is 12.8 Å². The van der Waals surface area contributed by atoms with E-state index in [1.165, 1.54) is 12.4 Å². The Kier molecular flexibility index (Phi) is 6.14. The van der Waals surface area contributed by atoms with Gasteiger partial charge >= 0.3 is 0 Å². The molecule has 22 heavy (non-hydrogen) atoms. The van der Waals surface area contributed by atoms with Gasteiger partial charge in [-0.1, -0.05) is 18.0 Å². The zero-order chi connectivity index (χ0) is 16.8. The topological polar surface area (TPSA) is 110 Å². The number of nitrogens with one attached hydrogen (secondary N) is 1. The van der Waals surface area contributed by atoms with Gasteiger partial charge in [-0.05, 0) is 32.1 Å². The van der Waals surface area contributed by atoms with Crippen molar-refractivity contribution in [1.82, 2.24) is 10.6 Å². The van der Waals surface area contributed by atoms with Gasteiger partial charge in [0.1, 0.15) is 4.75 Å². The van der Waals surface area contributed by atoms with E-state index in [2.05, 4.69) is 17.0 Å². The van der Waals surface area contributed by atoms with Gasteiger partial charge in [0.2, 0.25) is 5.76 Å². The van der Waals surface area contributed by atoms with Gasteiger partial charge in [-0.3, -0.25) is 10.0 Å². The monoisotopic (exact) mass is 328 g/mol. The van der Waals surface area contributed by atoms with E-state index < -0.39 is 20.5 Å². The van der Waals surface area contributed by atoms with Crippen LogP contribution in [0.1, 0.15) is 44.6 Å². The maximum absolute atomic E-state index is 11.8. The fraction of sp³-hybridized carbons (Fsp3) is 0.571. The summed E-state index contributed by atoms with van der Waals surface area (Å²) in [6, 6.07) is 1.61. The van der Waals surface area contributed by atoms with E-state index in [0.29, 0.717) is 11.5 Å². The Labute approximate surface area is 129 Å². The lowest BCUT2D eigenvalue weighted by Gasteiger charge is -2.24. The molecule has 0 aliphatic heterocycles. The van der Waals surface area contributed by atoms with Crippen molar-refractivity contribution in [3.63, 3.8) is 0 Å². The molecule has 7 nitrogen and oxygen atoms in total. The Morgan fingerprint density at radius 1 is 1.55 bits per heavy atom. The highest BCUT2D eigenvalue weighted by molar-refractivity contribution is 7.92. The molecule has 0 unspecified atom stereocenters. The Morgan fingerprint density at radius 2 is 2.23 bits per heavy atom. The number of nitrogens with zero attached hydrogens (tertiary/aromatic N) is 1. The average molecular weight is 328 g/mol. The number of unbranched alkanes of at least 4 members (excludes halogenated alkanes) is 1. The maximum Gasteiger partial charge on any atom is 0.264 e. The molecule has 0 spiro atoms. The lowest BCUT2D eigenvalue weighted by molar-refractivity contribution is -0.131. The third kappa shape index (κ3) is 4.32. The van der Waals surface area contributed by atoms with Crippen LogP contribution in [-0.2, 0) is 21.1 Å². The number of hydrogen-bond donors (Lipinski definition) is 2. The van der Waals surface area contributed by atoms with Crippen molar-refractivity contribution in [2.24, 2.45) is 0 Å². The molecule has 1 aromatic heterocycles. The van der Waals surface area contributed by atoms with Crippen molar-refractivity contribution in [1.29, 1.82) is 0 Å². The fourth-order valence-corrected chi connectivity index (χ4v) is 2.57. The van der Waals surface area contributed by atoms with E-state index in [1.54, 1.807) is 6.07 Å². The van der Waals surface area contributed by atoms with E-state index in [9.17, 15) is 13.2 Å². The molecule has 1 heterocycles. The standard InChI is InChI=1S/C14H20N2O5S/c1-4-5-6-7-12-10-11(16-21-12)8-9-14(2,13(17)15-18)22(3,19)20/h10,18H,4-5,8-9H2,1-3H3,(H,15,17)/t14-/m1/s1. The Bertz CT molecular complexity index is 684. The Balaban J connectivity index is 2.83. The predicted octanol–water partition coefficient (Wildman–Crippen LogP) is 1.07. The largest absolute Gasteiger partial charge is 0.347 e. The molecule has 0 aromatic carbocycles. The minimum atomic E-state index is -3.72. The molecule has 1 rings (SSSR count). The fourth-order valence-electron chi connectivity index (χ4n) is 1.72. The second-order valence-electron chi connectivity index (χ2n) is 5.18. The molecule has 0 saturated carbocycles. The maximum atomic E-state index is 11.8. The van der Waals surface area contributed by atoms with Gasteiger partial charge in [-0.25, -0.2) is 13.9 Å². The first-order chi connectivity index (χ1) is 10.2. The van der Waals surface area contributed by atoms with Crippen molar-refractivity contribution >= 4 is 15.7 Å². The van der Waals surface area contributed by atoms with Crippen LogP contribution in [0.15, 0.2) is 10.6 Å². The molecule has 0 bridgehead atoms. The zero-order valence-corrected chi connectivity index (χ0v) is 13.7. The molecule has 0 aliphatic rings. The number of aryl methyl sites for hydroxylation is 1. The molecule has 0 fully saturated rings. The van der Waals surface area contributed by atoms with Gasteiger partial charge in [0.25, 0.3) is 5.91 Å². The number of aromatic nitrogens is 1. The van der Waals surface area contributed by atoms with Crippen LogP contribution in [0.4, 0.5) is 0 Å². The normalized spacial score (nSPS) is 13.8. The Morgan fingerprint density at radius 3 is 2.77 bits per heavy atom. The van der Waals surface area contributed by atoms with Crippen molar-refractivity contribution in [2.45, 2.75) is 44.3 Å². The predicted molar refractivity (Wildman–Crippen MR) is 79.8 cm³/mol. The van der Waals surface area contributed by atoms with Crippen molar-refractivity contribution < 1.29 is 22.9 Å². The highest BCUT2D eigenvalue weighted by Crippen LogP contribution is 2.23. The third-order valence-electron chi connectivity index (χ3n) is 3.40. The molecule has 122 valence electrons. The van der Waals surface area contributed by atoms with Crippen LogP contribution in [0.5, 0.6) is 0 Å². The van der Waals surface area contributed by atoms with Gasteiger partial charge in [-0.2, -0.15) is 0 Å². The summed E-state index contributed by atoms with van der Waals surface area (Å²) in [4.78, 5) is 11.7. The average Bonchev–Trinajstić information content (AvgIpc) is 2.91. The number of hydroxylamine groups is 1. The molecule has 0 saturated heterocycles. The quantitative estimate of drug-likeness (QED) is 0.459. The summed E-state index contributed by atoms with van der Waals surface area (Å²) in [5.74, 6) is 5.15. The lowest BCUT2D eigenvalue weighted by atomic mass is 10.0. The molecule has 1 amide bonds. The first-order valence-corrected chi connectivity index (χ1v) is 8.72. The summed E-state index contributed by atoms with van der Waals surface area (Å²) in [6.07, 6.45) is 2.81. The second-order valence-corrected chi connectivity index (χ2v) is 7.62. The highest BCUT2D eigenvalue weighted by Gasteiger charge is 2.43. The number of sulfone groups is 1. The minimum absolute atomic E-state index is 0.0351. The lowest BCUT2D eigenvalue weighted by Crippen LogP contribution is -2.49. The van der Waals surface area contributed by atoms with E-state index in [4.69, 9.17) is 9.73 Å². The van der Waals surface area contributed by atoms with Crippen molar-refractivity contribution in [2.75, 3.05) is 6.26 Å². The molecule has 0 aliphatic carbocycles. The Hall–Kier alpha value is -1.85. The summed E-state index contributed by atoms with van der Waals surface area (Å²) in [5, 5.41) is 12.5. The van der Waals surface area contributed by atoms with Gasteiger partial charge < -0.3 is 4.52 Å². The SMILES string of the molecule is CCCC#Cc1cc(CC[C@](C)(C(=O)NO)S(C)(=O)=O)no1. The van der Waals surface area contributed by atoms with Crippen molar-refractivity contribution in [3.05, 3.63) is 17.5 Å². The molecule has 0 radical (unpaired) electrons. The summed E-state index contributed by atoms with van der Waals surface area (Å²) >= 11 is 0. The van der Waals surface area contributed by atoms with Crippen LogP contribution in [0, 0.1) is 11.8 Å². The minimum Gasteiger partial charge on any atom is -0.347 e. The number of carbonyl (C=O) groups excluding carboxylic acids is 1. The van der Waals surface area contributed by atoms with Crippen LogP contribution in [0.25, 0.3) is 0 Å². The highest BCUT2D eigenvalue weighted by atomic mass is 32.2. The summed E-state index contributed by atoms with van der Waals surface area (Å²) in [6.45, 7) is 3.27. The number of hydrogen-bond acceptors (Lipinski definition) is 6. The number of carbonyl (C=O) groups is 1. The van der Waals surface area contributed by atoms with E-state index in [0.717, 1.165) is 19.1 Å². The molecule has 1 atom stereocenters. The molecule has 1 aromatic rings. The van der Waals surface area contributed by atoms with Crippen LogP contribution >= 0.6 is 0 Å². The smallest absolute Gasteiger partial charge is 0.264 e. The van der Waals surface area contributed by atoms with Crippen molar-refractivity contribution in [3.8, 4) is 11.8 Å².